The van der Waals surface area contributed by atoms with Crippen LogP contribution in [0.15, 0.2) is 0 Å². The summed E-state index contributed by atoms with van der Waals surface area (Å²) in [6, 6.07) is 0.394. The predicted molar refractivity (Wildman–Crippen MR) is 54.6 cm³/mol. The SMILES string of the molecule is CC1(C)CC(=O)N(C2CCNCC2)N1. The zero-order valence-corrected chi connectivity index (χ0v) is 8.97. The molecule has 2 saturated heterocycles. The van der Waals surface area contributed by atoms with Crippen LogP contribution in [0.4, 0.5) is 0 Å². The van der Waals surface area contributed by atoms with Crippen LogP contribution in [0.5, 0.6) is 0 Å². The van der Waals surface area contributed by atoms with E-state index in [2.05, 4.69) is 24.6 Å². The van der Waals surface area contributed by atoms with Gasteiger partial charge in [-0.1, -0.05) is 0 Å². The highest BCUT2D eigenvalue weighted by Gasteiger charge is 2.38. The topological polar surface area (TPSA) is 44.4 Å². The number of nitrogens with zero attached hydrogens (tertiary/aromatic N) is 1. The molecule has 2 heterocycles. The van der Waals surface area contributed by atoms with E-state index < -0.39 is 0 Å². The molecule has 80 valence electrons. The predicted octanol–water partition coefficient (Wildman–Crippen LogP) is 0.254. The maximum atomic E-state index is 11.7. The fraction of sp³-hybridized carbons (Fsp3) is 0.900. The zero-order chi connectivity index (χ0) is 10.2. The number of amides is 1. The Morgan fingerprint density at radius 2 is 2.00 bits per heavy atom. The maximum absolute atomic E-state index is 11.7. The first-order valence-electron chi connectivity index (χ1n) is 5.39. The van der Waals surface area contributed by atoms with Gasteiger partial charge in [-0.05, 0) is 39.8 Å². The molecule has 14 heavy (non-hydrogen) atoms. The van der Waals surface area contributed by atoms with Crippen LogP contribution in [0.25, 0.3) is 0 Å². The second kappa shape index (κ2) is 3.51. The standard InChI is InChI=1S/C10H19N3O/c1-10(2)7-9(14)13(12-10)8-3-5-11-6-4-8/h8,11-12H,3-7H2,1-2H3. The molecule has 2 aliphatic rings. The number of hydrogen-bond acceptors (Lipinski definition) is 3. The van der Waals surface area contributed by atoms with Crippen LogP contribution < -0.4 is 10.7 Å². The third-order valence-corrected chi connectivity index (χ3v) is 2.96. The lowest BCUT2D eigenvalue weighted by Crippen LogP contribution is -2.51. The van der Waals surface area contributed by atoms with Crippen molar-refractivity contribution in [2.24, 2.45) is 0 Å². The zero-order valence-electron chi connectivity index (χ0n) is 8.97. The minimum absolute atomic E-state index is 0.0536. The number of nitrogens with one attached hydrogen (secondary N) is 2. The van der Waals surface area contributed by atoms with Crippen LogP contribution in [0.2, 0.25) is 0 Å². The molecule has 0 spiro atoms. The molecule has 0 aromatic carbocycles. The summed E-state index contributed by atoms with van der Waals surface area (Å²) in [4.78, 5) is 11.7. The van der Waals surface area contributed by atoms with Gasteiger partial charge in [0, 0.05) is 12.0 Å². The van der Waals surface area contributed by atoms with Crippen molar-refractivity contribution < 1.29 is 4.79 Å². The molecular formula is C10H19N3O. The third kappa shape index (κ3) is 1.91. The van der Waals surface area contributed by atoms with E-state index in [-0.39, 0.29) is 11.4 Å². The minimum Gasteiger partial charge on any atom is -0.317 e. The van der Waals surface area contributed by atoms with Gasteiger partial charge in [0.25, 0.3) is 0 Å². The summed E-state index contributed by atoms with van der Waals surface area (Å²) in [5.41, 5.74) is 3.25. The van der Waals surface area contributed by atoms with Crippen molar-refractivity contribution >= 4 is 5.91 Å². The molecule has 2 aliphatic heterocycles. The molecule has 0 saturated carbocycles. The molecule has 0 aromatic rings. The van der Waals surface area contributed by atoms with E-state index in [0.29, 0.717) is 12.5 Å². The molecule has 0 radical (unpaired) electrons. The van der Waals surface area contributed by atoms with Crippen LogP contribution in [-0.2, 0) is 4.79 Å². The molecule has 2 N–H and O–H groups in total. The van der Waals surface area contributed by atoms with Gasteiger partial charge in [-0.25, -0.2) is 5.43 Å². The van der Waals surface area contributed by atoms with Crippen LogP contribution in [0, 0.1) is 0 Å². The van der Waals surface area contributed by atoms with Crippen molar-refractivity contribution in [2.75, 3.05) is 13.1 Å². The van der Waals surface area contributed by atoms with Gasteiger partial charge >= 0.3 is 0 Å². The monoisotopic (exact) mass is 197 g/mol. The first-order chi connectivity index (χ1) is 6.58. The van der Waals surface area contributed by atoms with Crippen molar-refractivity contribution in [3.05, 3.63) is 0 Å². The summed E-state index contributed by atoms with van der Waals surface area (Å²) in [5.74, 6) is 0.252. The maximum Gasteiger partial charge on any atom is 0.238 e. The van der Waals surface area contributed by atoms with Gasteiger partial charge in [0.1, 0.15) is 0 Å². The van der Waals surface area contributed by atoms with Gasteiger partial charge in [0.15, 0.2) is 0 Å². The molecule has 0 aliphatic carbocycles. The van der Waals surface area contributed by atoms with Gasteiger partial charge in [-0.3, -0.25) is 9.80 Å². The lowest BCUT2D eigenvalue weighted by atomic mass is 10.0. The second-order valence-corrected chi connectivity index (χ2v) is 4.92. The summed E-state index contributed by atoms with van der Waals surface area (Å²) in [7, 11) is 0. The Labute approximate surface area is 85.0 Å². The molecule has 0 aromatic heterocycles. The molecule has 2 fully saturated rings. The fourth-order valence-corrected chi connectivity index (χ4v) is 2.25. The molecule has 4 heteroatoms. The summed E-state index contributed by atoms with van der Waals surface area (Å²) in [6.45, 7) is 6.20. The number of rotatable bonds is 1. The van der Waals surface area contributed by atoms with Crippen molar-refractivity contribution in [2.45, 2.75) is 44.7 Å². The van der Waals surface area contributed by atoms with Crippen molar-refractivity contribution in [3.8, 4) is 0 Å². The van der Waals surface area contributed by atoms with Gasteiger partial charge in [0.2, 0.25) is 5.91 Å². The molecule has 0 bridgehead atoms. The Kier molecular flexibility index (Phi) is 2.49. The summed E-state index contributed by atoms with van der Waals surface area (Å²) in [6.07, 6.45) is 2.75. The highest BCUT2D eigenvalue weighted by molar-refractivity contribution is 5.79. The van der Waals surface area contributed by atoms with Gasteiger partial charge in [-0.2, -0.15) is 0 Å². The second-order valence-electron chi connectivity index (χ2n) is 4.92. The number of carbonyl (C=O) groups is 1. The quantitative estimate of drug-likeness (QED) is 0.633. The normalized spacial score (nSPS) is 28.4. The first-order valence-corrected chi connectivity index (χ1v) is 5.39. The Bertz CT molecular complexity index is 234. The van der Waals surface area contributed by atoms with Crippen molar-refractivity contribution in [3.63, 3.8) is 0 Å². The van der Waals surface area contributed by atoms with Crippen molar-refractivity contribution in [1.82, 2.24) is 15.8 Å². The highest BCUT2D eigenvalue weighted by Crippen LogP contribution is 2.23. The summed E-state index contributed by atoms with van der Waals surface area (Å²) in [5, 5.41) is 5.17. The van der Waals surface area contributed by atoms with Crippen LogP contribution >= 0.6 is 0 Å². The van der Waals surface area contributed by atoms with E-state index >= 15 is 0 Å². The highest BCUT2D eigenvalue weighted by atomic mass is 16.2. The molecule has 1 amide bonds. The van der Waals surface area contributed by atoms with E-state index in [1.807, 2.05) is 5.01 Å². The lowest BCUT2D eigenvalue weighted by molar-refractivity contribution is -0.132. The van der Waals surface area contributed by atoms with E-state index in [1.165, 1.54) is 0 Å². The number of carbonyl (C=O) groups excluding carboxylic acids is 1. The van der Waals surface area contributed by atoms with E-state index in [0.717, 1.165) is 25.9 Å². The largest absolute Gasteiger partial charge is 0.317 e. The Hall–Kier alpha value is -0.610. The Balaban J connectivity index is 2.00. The third-order valence-electron chi connectivity index (χ3n) is 2.96. The smallest absolute Gasteiger partial charge is 0.238 e. The molecular weight excluding hydrogens is 178 g/mol. The van der Waals surface area contributed by atoms with E-state index in [1.54, 1.807) is 0 Å². The number of hydrazine groups is 1. The van der Waals surface area contributed by atoms with Crippen molar-refractivity contribution in [1.29, 1.82) is 0 Å². The number of piperidine rings is 1. The van der Waals surface area contributed by atoms with Gasteiger partial charge in [0.05, 0.1) is 6.04 Å². The molecule has 2 rings (SSSR count). The lowest BCUT2D eigenvalue weighted by Gasteiger charge is -2.32. The molecule has 0 unspecified atom stereocenters. The van der Waals surface area contributed by atoms with Gasteiger partial charge < -0.3 is 5.32 Å². The number of hydrogen-bond donors (Lipinski definition) is 2. The van der Waals surface area contributed by atoms with E-state index in [4.69, 9.17) is 0 Å². The average Bonchev–Trinajstić information content (AvgIpc) is 2.41. The first kappa shape index (κ1) is 9.93. The van der Waals surface area contributed by atoms with Gasteiger partial charge in [-0.15, -0.1) is 0 Å². The molecule has 0 atom stereocenters. The Morgan fingerprint density at radius 3 is 2.50 bits per heavy atom. The van der Waals surface area contributed by atoms with Crippen LogP contribution in [-0.4, -0.2) is 35.6 Å². The molecule has 4 nitrogen and oxygen atoms in total. The Morgan fingerprint density at radius 1 is 1.36 bits per heavy atom. The van der Waals surface area contributed by atoms with E-state index in [9.17, 15) is 4.79 Å². The minimum atomic E-state index is -0.0536. The van der Waals surface area contributed by atoms with Crippen LogP contribution in [0.3, 0.4) is 0 Å². The van der Waals surface area contributed by atoms with Crippen LogP contribution in [0.1, 0.15) is 33.1 Å². The fourth-order valence-electron chi connectivity index (χ4n) is 2.25. The summed E-state index contributed by atoms with van der Waals surface area (Å²) < 4.78 is 0. The summed E-state index contributed by atoms with van der Waals surface area (Å²) >= 11 is 0. The average molecular weight is 197 g/mol.